The van der Waals surface area contributed by atoms with Gasteiger partial charge in [0.1, 0.15) is 11.6 Å². The molecule has 0 aliphatic carbocycles. The lowest BCUT2D eigenvalue weighted by Crippen LogP contribution is -2.01. The second kappa shape index (κ2) is 10.8. The zero-order valence-electron chi connectivity index (χ0n) is 16.6. The molecular weight excluding hydrogens is 453 g/mol. The van der Waals surface area contributed by atoms with Gasteiger partial charge < -0.3 is 0 Å². The van der Waals surface area contributed by atoms with E-state index in [2.05, 4.69) is 0 Å². The quantitative estimate of drug-likeness (QED) is 0.292. The molecule has 4 rings (SSSR count). The van der Waals surface area contributed by atoms with Crippen molar-refractivity contribution in [3.63, 3.8) is 0 Å². The zero-order chi connectivity index (χ0) is 23.1. The van der Waals surface area contributed by atoms with Crippen molar-refractivity contribution >= 4 is 34.8 Å². The Morgan fingerprint density at radius 3 is 1.12 bits per heavy atom. The van der Waals surface area contributed by atoms with Gasteiger partial charge in [0.15, 0.2) is 11.6 Å². The van der Waals surface area contributed by atoms with Crippen LogP contribution in [0.5, 0.6) is 0 Å². The fourth-order valence-electron chi connectivity index (χ4n) is 2.85. The van der Waals surface area contributed by atoms with Crippen LogP contribution in [0.25, 0.3) is 0 Å². The molecule has 0 saturated heterocycles. The highest BCUT2D eigenvalue weighted by Gasteiger charge is 2.10. The number of ketones is 2. The third-order valence-electron chi connectivity index (χ3n) is 4.35. The Balaban J connectivity index is 0.000000181. The highest BCUT2D eigenvalue weighted by molar-refractivity contribution is 6.32. The zero-order valence-corrected chi connectivity index (χ0v) is 18.1. The van der Waals surface area contributed by atoms with Crippen molar-refractivity contribution in [1.82, 2.24) is 0 Å². The average molecular weight is 469 g/mol. The smallest absolute Gasteiger partial charge is 0.193 e. The summed E-state index contributed by atoms with van der Waals surface area (Å²) in [6.45, 7) is 0. The van der Waals surface area contributed by atoms with Gasteiger partial charge in [-0.3, -0.25) is 9.59 Å². The van der Waals surface area contributed by atoms with E-state index in [4.69, 9.17) is 23.2 Å². The van der Waals surface area contributed by atoms with Crippen LogP contribution in [0.2, 0.25) is 10.0 Å². The van der Waals surface area contributed by atoms with Crippen molar-refractivity contribution in [2.45, 2.75) is 0 Å². The minimum absolute atomic E-state index is 0.0787. The first kappa shape index (κ1) is 23.3. The van der Waals surface area contributed by atoms with Crippen LogP contribution in [0.15, 0.2) is 97.1 Å². The van der Waals surface area contributed by atoms with Crippen LogP contribution in [0.1, 0.15) is 31.8 Å². The lowest BCUT2D eigenvalue weighted by Gasteiger charge is -2.01. The van der Waals surface area contributed by atoms with Crippen LogP contribution in [0, 0.1) is 11.6 Å². The molecule has 32 heavy (non-hydrogen) atoms. The first-order valence-corrected chi connectivity index (χ1v) is 10.2. The van der Waals surface area contributed by atoms with Gasteiger partial charge in [-0.25, -0.2) is 8.78 Å². The molecule has 6 heteroatoms. The molecule has 2 nitrogen and oxygen atoms in total. The highest BCUT2D eigenvalue weighted by atomic mass is 35.5. The molecule has 0 aliphatic heterocycles. The van der Waals surface area contributed by atoms with Crippen LogP contribution in [-0.2, 0) is 0 Å². The Hall–Kier alpha value is -3.34. The summed E-state index contributed by atoms with van der Waals surface area (Å²) in [6, 6.07) is 24.4. The number of rotatable bonds is 4. The monoisotopic (exact) mass is 468 g/mol. The Morgan fingerprint density at radius 2 is 0.812 bits per heavy atom. The molecule has 4 aromatic rings. The summed E-state index contributed by atoms with van der Waals surface area (Å²) < 4.78 is 25.8. The molecule has 0 atom stereocenters. The summed E-state index contributed by atoms with van der Waals surface area (Å²) in [5.41, 5.74) is 1.56. The minimum Gasteiger partial charge on any atom is -0.289 e. The van der Waals surface area contributed by atoms with E-state index in [0.29, 0.717) is 21.2 Å². The van der Waals surface area contributed by atoms with E-state index in [1.807, 2.05) is 0 Å². The van der Waals surface area contributed by atoms with E-state index in [1.165, 1.54) is 36.4 Å². The fraction of sp³-hybridized carbons (Fsp3) is 0. The third-order valence-corrected chi connectivity index (χ3v) is 4.82. The molecule has 0 aliphatic rings. The van der Waals surface area contributed by atoms with Gasteiger partial charge in [-0.1, -0.05) is 71.7 Å². The van der Waals surface area contributed by atoms with Gasteiger partial charge in [-0.2, -0.15) is 0 Å². The van der Waals surface area contributed by atoms with Crippen molar-refractivity contribution in [1.29, 1.82) is 0 Å². The molecule has 0 bridgehead atoms. The molecule has 0 heterocycles. The normalized spacial score (nSPS) is 10.1. The Labute approximate surface area is 194 Å². The number of hydrogen-bond acceptors (Lipinski definition) is 2. The highest BCUT2D eigenvalue weighted by Crippen LogP contribution is 2.17. The van der Waals surface area contributed by atoms with Crippen molar-refractivity contribution in [3.8, 4) is 0 Å². The molecule has 0 N–H and O–H groups in total. The summed E-state index contributed by atoms with van der Waals surface area (Å²) in [5, 5.41) is 1.10. The van der Waals surface area contributed by atoms with Gasteiger partial charge in [0.05, 0.1) is 0 Å². The molecule has 0 unspecified atom stereocenters. The number of carbonyl (C=O) groups excluding carboxylic acids is 2. The molecule has 0 radical (unpaired) electrons. The van der Waals surface area contributed by atoms with E-state index >= 15 is 0 Å². The fourth-order valence-corrected chi connectivity index (χ4v) is 3.23. The summed E-state index contributed by atoms with van der Waals surface area (Å²) in [5.74, 6) is -1.44. The van der Waals surface area contributed by atoms with Crippen LogP contribution < -0.4 is 0 Å². The third kappa shape index (κ3) is 6.33. The lowest BCUT2D eigenvalue weighted by molar-refractivity contribution is 0.103. The average Bonchev–Trinajstić information content (AvgIpc) is 2.78. The van der Waals surface area contributed by atoms with Gasteiger partial charge in [0.25, 0.3) is 0 Å². The molecule has 0 spiro atoms. The van der Waals surface area contributed by atoms with E-state index in [1.54, 1.807) is 48.5 Å². The van der Waals surface area contributed by atoms with Gasteiger partial charge in [0.2, 0.25) is 0 Å². The maximum atomic E-state index is 12.9. The number of carbonyl (C=O) groups is 2. The topological polar surface area (TPSA) is 34.1 Å². The van der Waals surface area contributed by atoms with Crippen LogP contribution in [0.4, 0.5) is 8.78 Å². The van der Waals surface area contributed by atoms with Gasteiger partial charge in [-0.05, 0) is 48.5 Å². The molecule has 4 aromatic carbocycles. The predicted octanol–water partition coefficient (Wildman–Crippen LogP) is 7.42. The lowest BCUT2D eigenvalue weighted by atomic mass is 10.0. The van der Waals surface area contributed by atoms with E-state index in [9.17, 15) is 18.4 Å². The van der Waals surface area contributed by atoms with E-state index in [-0.39, 0.29) is 22.7 Å². The van der Waals surface area contributed by atoms with E-state index < -0.39 is 11.6 Å². The SMILES string of the molecule is O=C(c1cccc(Cl)c1)c1cccc(Cl)c1.O=C(c1cccc(F)c1)c1cccc(F)c1. The van der Waals surface area contributed by atoms with Crippen LogP contribution >= 0.6 is 23.2 Å². The standard InChI is InChI=1S/C13H8Cl2O.C13H8F2O/c2*14-11-5-1-3-9(7-11)13(16)10-4-2-6-12(15)8-10/h2*1-8H. The molecular formula is C26H16Cl2F2O2. The first-order chi connectivity index (χ1) is 15.3. The van der Waals surface area contributed by atoms with Crippen molar-refractivity contribution in [3.05, 3.63) is 141 Å². The Morgan fingerprint density at radius 1 is 0.500 bits per heavy atom. The van der Waals surface area contributed by atoms with Crippen LogP contribution in [0.3, 0.4) is 0 Å². The van der Waals surface area contributed by atoms with Gasteiger partial charge in [-0.15, -0.1) is 0 Å². The molecule has 0 aromatic heterocycles. The number of hydrogen-bond donors (Lipinski definition) is 0. The summed E-state index contributed by atoms with van der Waals surface area (Å²) in [6.07, 6.45) is 0. The maximum absolute atomic E-state index is 12.9. The second-order valence-corrected chi connectivity index (χ2v) is 7.57. The van der Waals surface area contributed by atoms with Gasteiger partial charge in [0, 0.05) is 32.3 Å². The van der Waals surface area contributed by atoms with Crippen molar-refractivity contribution < 1.29 is 18.4 Å². The number of benzene rings is 4. The predicted molar refractivity (Wildman–Crippen MR) is 123 cm³/mol. The Kier molecular flexibility index (Phi) is 7.87. The number of halogens is 4. The molecule has 160 valence electrons. The summed E-state index contributed by atoms with van der Waals surface area (Å²) in [4.78, 5) is 23.9. The maximum Gasteiger partial charge on any atom is 0.193 e. The summed E-state index contributed by atoms with van der Waals surface area (Å²) >= 11 is 11.7. The largest absolute Gasteiger partial charge is 0.289 e. The van der Waals surface area contributed by atoms with Gasteiger partial charge >= 0.3 is 0 Å². The summed E-state index contributed by atoms with van der Waals surface area (Å²) in [7, 11) is 0. The Bertz CT molecular complexity index is 1080. The minimum atomic E-state index is -0.484. The van der Waals surface area contributed by atoms with Crippen molar-refractivity contribution in [2.24, 2.45) is 0 Å². The molecule has 0 fully saturated rings. The molecule has 0 saturated carbocycles. The second-order valence-electron chi connectivity index (χ2n) is 6.70. The first-order valence-electron chi connectivity index (χ1n) is 9.45. The molecule has 0 amide bonds. The van der Waals surface area contributed by atoms with E-state index in [0.717, 1.165) is 12.1 Å². The van der Waals surface area contributed by atoms with Crippen molar-refractivity contribution in [2.75, 3.05) is 0 Å². The van der Waals surface area contributed by atoms with Crippen LogP contribution in [-0.4, -0.2) is 11.6 Å².